The molecule has 3 N–H and O–H groups in total. The molecule has 1 aliphatic rings. The monoisotopic (exact) mass is 449 g/mol. The van der Waals surface area contributed by atoms with Gasteiger partial charge in [-0.25, -0.2) is 0 Å². The van der Waals surface area contributed by atoms with Crippen LogP contribution in [0.5, 0.6) is 0 Å². The van der Waals surface area contributed by atoms with Gasteiger partial charge in [0, 0.05) is 20.9 Å². The van der Waals surface area contributed by atoms with Gasteiger partial charge in [0.15, 0.2) is 5.11 Å². The van der Waals surface area contributed by atoms with E-state index in [9.17, 15) is 4.79 Å². The number of carbonyl (C=O) groups is 1. The molecule has 2 aromatic carbocycles. The van der Waals surface area contributed by atoms with Crippen molar-refractivity contribution in [2.45, 2.75) is 19.9 Å². The summed E-state index contributed by atoms with van der Waals surface area (Å²) in [5.41, 5.74) is 3.82. The highest BCUT2D eigenvalue weighted by Gasteiger charge is 2.31. The Morgan fingerprint density at radius 2 is 1.96 bits per heavy atom. The fourth-order valence-corrected chi connectivity index (χ4v) is 3.77. The Kier molecular flexibility index (Phi) is 5.65. The molecule has 1 amide bonds. The van der Waals surface area contributed by atoms with Gasteiger partial charge in [-0.2, -0.15) is 0 Å². The van der Waals surface area contributed by atoms with Crippen LogP contribution in [0.4, 0.5) is 5.69 Å². The second-order valence-corrected chi connectivity index (χ2v) is 7.68. The van der Waals surface area contributed by atoms with Crippen LogP contribution < -0.4 is 16.0 Å². The lowest BCUT2D eigenvalue weighted by molar-refractivity contribution is -0.113. The van der Waals surface area contributed by atoms with Crippen molar-refractivity contribution in [2.24, 2.45) is 0 Å². The molecule has 0 radical (unpaired) electrons. The molecule has 26 heavy (non-hydrogen) atoms. The number of allylic oxidation sites excluding steroid dienone is 1. The number of thiocarbonyl (C=S) groups is 1. The standard InChI is InChI=1S/C19H17BrClN3OS/c1-10-7-8-12(9-15(10)21)23-18(25)16-11(2)22-19(26)24-17(16)13-5-3-4-6-14(13)20/h3-9,17H,1-2H3,(H,23,25)(H2,22,24,26). The quantitative estimate of drug-likeness (QED) is 0.586. The molecule has 0 aliphatic carbocycles. The maximum absolute atomic E-state index is 13.0. The molecular weight excluding hydrogens is 434 g/mol. The van der Waals surface area contributed by atoms with Gasteiger partial charge in [0.1, 0.15) is 0 Å². The molecule has 1 aliphatic heterocycles. The Morgan fingerprint density at radius 1 is 1.23 bits per heavy atom. The average molecular weight is 451 g/mol. The third-order valence-electron chi connectivity index (χ3n) is 4.16. The molecule has 0 fully saturated rings. The zero-order chi connectivity index (χ0) is 18.8. The van der Waals surface area contributed by atoms with Gasteiger partial charge in [0.2, 0.25) is 0 Å². The van der Waals surface area contributed by atoms with E-state index in [0.717, 1.165) is 15.6 Å². The summed E-state index contributed by atoms with van der Waals surface area (Å²) in [7, 11) is 0. The molecule has 2 aromatic rings. The summed E-state index contributed by atoms with van der Waals surface area (Å²) >= 11 is 15.0. The molecule has 0 aromatic heterocycles. The summed E-state index contributed by atoms with van der Waals surface area (Å²) in [6.45, 7) is 3.76. The summed E-state index contributed by atoms with van der Waals surface area (Å²) in [6.07, 6.45) is 0. The number of hydrogen-bond donors (Lipinski definition) is 3. The molecular formula is C19H17BrClN3OS. The van der Waals surface area contributed by atoms with E-state index >= 15 is 0 Å². The number of amides is 1. The molecule has 0 saturated heterocycles. The minimum atomic E-state index is -0.361. The highest BCUT2D eigenvalue weighted by Crippen LogP contribution is 2.32. The van der Waals surface area contributed by atoms with Crippen LogP contribution in [-0.4, -0.2) is 11.0 Å². The van der Waals surface area contributed by atoms with Crippen LogP contribution in [0, 0.1) is 6.92 Å². The van der Waals surface area contributed by atoms with Crippen LogP contribution in [0.25, 0.3) is 0 Å². The minimum absolute atomic E-state index is 0.217. The van der Waals surface area contributed by atoms with Crippen molar-refractivity contribution in [3.63, 3.8) is 0 Å². The minimum Gasteiger partial charge on any atom is -0.351 e. The smallest absolute Gasteiger partial charge is 0.255 e. The van der Waals surface area contributed by atoms with Crippen molar-refractivity contribution in [3.05, 3.63) is 74.4 Å². The molecule has 3 rings (SSSR count). The fourth-order valence-electron chi connectivity index (χ4n) is 2.81. The van der Waals surface area contributed by atoms with Crippen molar-refractivity contribution >= 4 is 56.5 Å². The van der Waals surface area contributed by atoms with Gasteiger partial charge in [-0.15, -0.1) is 0 Å². The van der Waals surface area contributed by atoms with Crippen LogP contribution in [0.2, 0.25) is 5.02 Å². The Bertz CT molecular complexity index is 929. The molecule has 1 unspecified atom stereocenters. The lowest BCUT2D eigenvalue weighted by Gasteiger charge is -2.31. The molecule has 0 saturated carbocycles. The highest BCUT2D eigenvalue weighted by molar-refractivity contribution is 9.10. The van der Waals surface area contributed by atoms with E-state index in [4.69, 9.17) is 23.8 Å². The Morgan fingerprint density at radius 3 is 2.65 bits per heavy atom. The molecule has 4 nitrogen and oxygen atoms in total. The number of nitrogens with one attached hydrogen (secondary N) is 3. The van der Waals surface area contributed by atoms with Gasteiger partial charge >= 0.3 is 0 Å². The van der Waals surface area contributed by atoms with Crippen LogP contribution in [0.15, 0.2) is 58.2 Å². The van der Waals surface area contributed by atoms with Gasteiger partial charge < -0.3 is 16.0 Å². The highest BCUT2D eigenvalue weighted by atomic mass is 79.9. The number of aryl methyl sites for hydroxylation is 1. The predicted octanol–water partition coefficient (Wildman–Crippen LogP) is 4.84. The molecule has 0 spiro atoms. The Labute approximate surface area is 171 Å². The maximum Gasteiger partial charge on any atom is 0.255 e. The van der Waals surface area contributed by atoms with E-state index in [1.54, 1.807) is 6.07 Å². The normalized spacial score (nSPS) is 16.8. The van der Waals surface area contributed by atoms with Gasteiger partial charge in [-0.05, 0) is 55.4 Å². The molecule has 134 valence electrons. The van der Waals surface area contributed by atoms with Gasteiger partial charge in [-0.3, -0.25) is 4.79 Å². The van der Waals surface area contributed by atoms with Crippen LogP contribution in [0.3, 0.4) is 0 Å². The molecule has 1 heterocycles. The van der Waals surface area contributed by atoms with Crippen molar-refractivity contribution < 1.29 is 4.79 Å². The molecule has 1 atom stereocenters. The summed E-state index contributed by atoms with van der Waals surface area (Å²) in [6, 6.07) is 12.8. The Hall–Kier alpha value is -1.89. The molecule has 0 bridgehead atoms. The second-order valence-electron chi connectivity index (χ2n) is 6.01. The number of rotatable bonds is 3. The predicted molar refractivity (Wildman–Crippen MR) is 113 cm³/mol. The maximum atomic E-state index is 13.0. The van der Waals surface area contributed by atoms with Gasteiger partial charge in [-0.1, -0.05) is 51.8 Å². The van der Waals surface area contributed by atoms with Crippen LogP contribution >= 0.6 is 39.7 Å². The fraction of sp³-hybridized carbons (Fsp3) is 0.158. The van der Waals surface area contributed by atoms with E-state index in [1.165, 1.54) is 0 Å². The van der Waals surface area contributed by atoms with E-state index in [1.807, 2.05) is 50.2 Å². The lowest BCUT2D eigenvalue weighted by Crippen LogP contribution is -2.45. The second kappa shape index (κ2) is 7.78. The van der Waals surface area contributed by atoms with Crippen LogP contribution in [-0.2, 0) is 4.79 Å². The zero-order valence-electron chi connectivity index (χ0n) is 14.2. The van der Waals surface area contributed by atoms with Crippen molar-refractivity contribution in [1.29, 1.82) is 0 Å². The van der Waals surface area contributed by atoms with Crippen molar-refractivity contribution in [1.82, 2.24) is 10.6 Å². The average Bonchev–Trinajstić information content (AvgIpc) is 2.57. The topological polar surface area (TPSA) is 53.2 Å². The third kappa shape index (κ3) is 3.92. The largest absolute Gasteiger partial charge is 0.351 e. The number of halogens is 2. The van der Waals surface area contributed by atoms with E-state index in [0.29, 0.717) is 27.1 Å². The van der Waals surface area contributed by atoms with E-state index < -0.39 is 0 Å². The van der Waals surface area contributed by atoms with Crippen molar-refractivity contribution in [3.8, 4) is 0 Å². The SMILES string of the molecule is CC1=C(C(=O)Nc2ccc(C)c(Cl)c2)C(c2ccccc2Br)NC(=S)N1. The number of anilines is 1. The van der Waals surface area contributed by atoms with Gasteiger partial charge in [0.05, 0.1) is 11.6 Å². The third-order valence-corrected chi connectivity index (χ3v) is 5.51. The van der Waals surface area contributed by atoms with Crippen LogP contribution in [0.1, 0.15) is 24.1 Å². The molecule has 7 heteroatoms. The Balaban J connectivity index is 1.97. The number of carbonyl (C=O) groups excluding carboxylic acids is 1. The first-order valence-corrected chi connectivity index (χ1v) is 9.55. The first-order valence-electron chi connectivity index (χ1n) is 7.97. The summed E-state index contributed by atoms with van der Waals surface area (Å²) in [5.74, 6) is -0.217. The van der Waals surface area contributed by atoms with E-state index in [2.05, 4.69) is 31.9 Å². The first-order chi connectivity index (χ1) is 12.4. The summed E-state index contributed by atoms with van der Waals surface area (Å²) < 4.78 is 0.902. The van der Waals surface area contributed by atoms with Gasteiger partial charge in [0.25, 0.3) is 5.91 Å². The number of hydrogen-bond acceptors (Lipinski definition) is 2. The summed E-state index contributed by atoms with van der Waals surface area (Å²) in [5, 5.41) is 10.2. The number of benzene rings is 2. The lowest BCUT2D eigenvalue weighted by atomic mass is 9.95. The zero-order valence-corrected chi connectivity index (χ0v) is 17.3. The van der Waals surface area contributed by atoms with E-state index in [-0.39, 0.29) is 11.9 Å². The summed E-state index contributed by atoms with van der Waals surface area (Å²) in [4.78, 5) is 13.0. The van der Waals surface area contributed by atoms with Crippen molar-refractivity contribution in [2.75, 3.05) is 5.32 Å². The first kappa shape index (κ1) is 18.9.